The zero-order valence-electron chi connectivity index (χ0n) is 16.4. The lowest BCUT2D eigenvalue weighted by molar-refractivity contribution is -0.385. The van der Waals surface area contributed by atoms with Gasteiger partial charge in [0, 0.05) is 29.9 Å². The van der Waals surface area contributed by atoms with Crippen molar-refractivity contribution >= 4 is 15.7 Å². The van der Waals surface area contributed by atoms with E-state index < -0.39 is 14.9 Å². The van der Waals surface area contributed by atoms with Crippen molar-refractivity contribution in [3.63, 3.8) is 0 Å². The number of aryl methyl sites for hydroxylation is 2. The molecular formula is C20H22N4O4S. The van der Waals surface area contributed by atoms with E-state index in [4.69, 9.17) is 0 Å². The van der Waals surface area contributed by atoms with Crippen LogP contribution < -0.4 is 4.72 Å². The minimum absolute atomic E-state index is 0.0525. The monoisotopic (exact) mass is 414 g/mol. The highest BCUT2D eigenvalue weighted by Crippen LogP contribution is 2.22. The molecule has 0 saturated heterocycles. The van der Waals surface area contributed by atoms with Crippen LogP contribution in [0.5, 0.6) is 0 Å². The number of rotatable bonds is 7. The topological polar surface area (TPSA) is 107 Å². The molecule has 0 fully saturated rings. The summed E-state index contributed by atoms with van der Waals surface area (Å²) in [5.41, 5.74) is 3.65. The van der Waals surface area contributed by atoms with Gasteiger partial charge >= 0.3 is 0 Å². The van der Waals surface area contributed by atoms with Gasteiger partial charge in [0.15, 0.2) is 0 Å². The first kappa shape index (κ1) is 20.7. The Bertz CT molecular complexity index is 1150. The number of nitro benzene ring substituents is 1. The predicted octanol–water partition coefficient (Wildman–Crippen LogP) is 3.24. The number of nitro groups is 1. The van der Waals surface area contributed by atoms with Crippen molar-refractivity contribution in [1.82, 2.24) is 14.5 Å². The molecule has 2 aromatic carbocycles. The summed E-state index contributed by atoms with van der Waals surface area (Å²) in [6, 6.07) is 13.7. The van der Waals surface area contributed by atoms with E-state index in [0.717, 1.165) is 28.6 Å². The third kappa shape index (κ3) is 4.52. The highest BCUT2D eigenvalue weighted by molar-refractivity contribution is 7.89. The van der Waals surface area contributed by atoms with Gasteiger partial charge in [-0.05, 0) is 31.9 Å². The first-order valence-corrected chi connectivity index (χ1v) is 10.5. The minimum atomic E-state index is -3.92. The van der Waals surface area contributed by atoms with Gasteiger partial charge in [0.2, 0.25) is 10.0 Å². The number of hydrogen-bond donors (Lipinski definition) is 1. The van der Waals surface area contributed by atoms with Gasteiger partial charge < -0.3 is 0 Å². The number of nitrogens with zero attached hydrogens (tertiary/aromatic N) is 3. The van der Waals surface area contributed by atoms with Crippen molar-refractivity contribution in [2.24, 2.45) is 0 Å². The first-order valence-electron chi connectivity index (χ1n) is 9.00. The van der Waals surface area contributed by atoms with Gasteiger partial charge in [0.05, 0.1) is 22.1 Å². The number of benzene rings is 2. The molecule has 0 radical (unpaired) electrons. The lowest BCUT2D eigenvalue weighted by Gasteiger charge is -2.10. The Hall–Kier alpha value is -3.04. The van der Waals surface area contributed by atoms with E-state index in [1.54, 1.807) is 6.92 Å². The van der Waals surface area contributed by atoms with E-state index in [1.807, 2.05) is 48.9 Å². The van der Waals surface area contributed by atoms with E-state index in [9.17, 15) is 18.5 Å². The molecule has 3 aromatic rings. The second kappa shape index (κ2) is 8.14. The summed E-state index contributed by atoms with van der Waals surface area (Å²) in [7, 11) is -3.92. The number of sulfonamides is 1. The van der Waals surface area contributed by atoms with E-state index in [0.29, 0.717) is 12.1 Å². The molecule has 0 aliphatic carbocycles. The number of aromatic nitrogens is 2. The lowest BCUT2D eigenvalue weighted by Crippen LogP contribution is -2.24. The molecule has 1 aromatic heterocycles. The summed E-state index contributed by atoms with van der Waals surface area (Å²) in [5.74, 6) is 0. The fraction of sp³-hybridized carbons (Fsp3) is 0.250. The van der Waals surface area contributed by atoms with Crippen LogP contribution in [-0.4, -0.2) is 23.1 Å². The largest absolute Gasteiger partial charge is 0.270 e. The van der Waals surface area contributed by atoms with Crippen LogP contribution in [0.15, 0.2) is 53.4 Å². The quantitative estimate of drug-likeness (QED) is 0.472. The number of hydrogen-bond acceptors (Lipinski definition) is 5. The molecule has 152 valence electrons. The Morgan fingerprint density at radius 3 is 2.45 bits per heavy atom. The molecule has 29 heavy (non-hydrogen) atoms. The van der Waals surface area contributed by atoms with Gasteiger partial charge in [-0.25, -0.2) is 13.1 Å². The normalized spacial score (nSPS) is 11.6. The third-order valence-corrected chi connectivity index (χ3v) is 6.36. The Kier molecular flexibility index (Phi) is 5.81. The summed E-state index contributed by atoms with van der Waals surface area (Å²) < 4.78 is 29.9. The van der Waals surface area contributed by atoms with Crippen LogP contribution >= 0.6 is 0 Å². The van der Waals surface area contributed by atoms with Crippen molar-refractivity contribution in [3.05, 3.63) is 86.7 Å². The van der Waals surface area contributed by atoms with Crippen LogP contribution in [0.3, 0.4) is 0 Å². The summed E-state index contributed by atoms with van der Waals surface area (Å²) in [4.78, 5) is 10.3. The molecule has 0 amide bonds. The van der Waals surface area contributed by atoms with Crippen LogP contribution in [0.2, 0.25) is 0 Å². The molecule has 0 spiro atoms. The third-order valence-electron chi connectivity index (χ3n) is 4.82. The smallest absolute Gasteiger partial charge is 0.265 e. The van der Waals surface area contributed by atoms with Crippen molar-refractivity contribution < 1.29 is 13.3 Å². The fourth-order valence-corrected chi connectivity index (χ4v) is 4.39. The van der Waals surface area contributed by atoms with E-state index in [1.165, 1.54) is 12.1 Å². The Morgan fingerprint density at radius 1 is 1.10 bits per heavy atom. The SMILES string of the molecule is Cc1ccc([N+](=O)[O-])cc1S(=O)(=O)NCc1c(C)nn(Cc2ccccc2)c1C. The highest BCUT2D eigenvalue weighted by atomic mass is 32.2. The van der Waals surface area contributed by atoms with Gasteiger partial charge in [-0.2, -0.15) is 5.10 Å². The predicted molar refractivity (Wildman–Crippen MR) is 109 cm³/mol. The van der Waals surface area contributed by atoms with E-state index >= 15 is 0 Å². The van der Waals surface area contributed by atoms with Crippen LogP contribution in [0.4, 0.5) is 5.69 Å². The maximum Gasteiger partial charge on any atom is 0.270 e. The summed E-state index contributed by atoms with van der Waals surface area (Å²) >= 11 is 0. The van der Waals surface area contributed by atoms with Gasteiger partial charge in [-0.3, -0.25) is 14.8 Å². The Morgan fingerprint density at radius 2 is 1.79 bits per heavy atom. The molecule has 0 aliphatic rings. The molecule has 0 aliphatic heterocycles. The second-order valence-electron chi connectivity index (χ2n) is 6.82. The van der Waals surface area contributed by atoms with Gasteiger partial charge in [0.25, 0.3) is 5.69 Å². The molecule has 3 rings (SSSR count). The number of nitrogens with one attached hydrogen (secondary N) is 1. The fourth-order valence-electron chi connectivity index (χ4n) is 3.14. The lowest BCUT2D eigenvalue weighted by atomic mass is 10.2. The Balaban J connectivity index is 1.83. The van der Waals surface area contributed by atoms with Crippen molar-refractivity contribution in [2.75, 3.05) is 0 Å². The van der Waals surface area contributed by atoms with Crippen molar-refractivity contribution in [1.29, 1.82) is 0 Å². The summed E-state index contributed by atoms with van der Waals surface area (Å²) in [5, 5.41) is 15.5. The molecule has 0 unspecified atom stereocenters. The molecule has 0 saturated carbocycles. The van der Waals surface area contributed by atoms with Crippen LogP contribution in [-0.2, 0) is 23.1 Å². The highest BCUT2D eigenvalue weighted by Gasteiger charge is 2.22. The van der Waals surface area contributed by atoms with Crippen LogP contribution in [0.1, 0.15) is 28.1 Å². The van der Waals surface area contributed by atoms with Gasteiger partial charge in [-0.1, -0.05) is 36.4 Å². The Labute approximate surface area is 169 Å². The molecule has 1 N–H and O–H groups in total. The average molecular weight is 414 g/mol. The van der Waals surface area contributed by atoms with Crippen molar-refractivity contribution in [3.8, 4) is 0 Å². The van der Waals surface area contributed by atoms with E-state index in [-0.39, 0.29) is 17.1 Å². The molecular weight excluding hydrogens is 392 g/mol. The zero-order valence-corrected chi connectivity index (χ0v) is 17.2. The molecule has 8 nitrogen and oxygen atoms in total. The standard InChI is InChI=1S/C20H22N4O4S/c1-14-9-10-18(24(25)26)11-20(14)29(27,28)21-12-19-15(2)22-23(16(19)3)13-17-7-5-4-6-8-17/h4-11,21H,12-13H2,1-3H3. The van der Waals surface area contributed by atoms with Crippen molar-refractivity contribution in [2.45, 2.75) is 38.8 Å². The molecule has 0 atom stereocenters. The molecule has 1 heterocycles. The van der Waals surface area contributed by atoms with Crippen LogP contribution in [0.25, 0.3) is 0 Å². The van der Waals surface area contributed by atoms with Gasteiger partial charge in [0.1, 0.15) is 0 Å². The minimum Gasteiger partial charge on any atom is -0.265 e. The molecule has 9 heteroatoms. The van der Waals surface area contributed by atoms with E-state index in [2.05, 4.69) is 9.82 Å². The summed E-state index contributed by atoms with van der Waals surface area (Å²) in [6.45, 7) is 5.97. The second-order valence-corrected chi connectivity index (χ2v) is 8.56. The summed E-state index contributed by atoms with van der Waals surface area (Å²) in [6.07, 6.45) is 0. The van der Waals surface area contributed by atoms with Crippen LogP contribution in [0, 0.1) is 30.9 Å². The first-order chi connectivity index (χ1) is 13.7. The van der Waals surface area contributed by atoms with Gasteiger partial charge in [-0.15, -0.1) is 0 Å². The average Bonchev–Trinajstić information content (AvgIpc) is 2.94. The number of non-ortho nitro benzene ring substituents is 1. The maximum absolute atomic E-state index is 12.8. The zero-order chi connectivity index (χ0) is 21.2. The maximum atomic E-state index is 12.8. The molecule has 0 bridgehead atoms.